The fraction of sp³-hybridized carbons (Fsp3) is 0. The van der Waals surface area contributed by atoms with E-state index in [0.29, 0.717) is 69.2 Å². The number of nitrogens with zero attached hydrogens (tertiary/aromatic N) is 12. The molecule has 0 aliphatic heterocycles. The van der Waals surface area contributed by atoms with Crippen molar-refractivity contribution in [1.82, 2.24) is 44.9 Å². The van der Waals surface area contributed by atoms with Crippen molar-refractivity contribution in [2.45, 2.75) is 0 Å². The molecule has 0 aliphatic rings. The van der Waals surface area contributed by atoms with Gasteiger partial charge in [0, 0.05) is 50.1 Å². The molecule has 0 atom stereocenters. The second kappa shape index (κ2) is 41.1. The molecule has 0 saturated carbocycles. The molecule has 0 aliphatic carbocycles. The summed E-state index contributed by atoms with van der Waals surface area (Å²) in [5.41, 5.74) is 30.6. The van der Waals surface area contributed by atoms with Crippen LogP contribution < -0.4 is 0 Å². The van der Waals surface area contributed by atoms with Gasteiger partial charge in [-0.05, 0) is 175 Å². The fourth-order valence-electron chi connectivity index (χ4n) is 18.5. The van der Waals surface area contributed by atoms with Gasteiger partial charge in [-0.3, -0.25) is 0 Å². The van der Waals surface area contributed by atoms with Crippen molar-refractivity contribution in [3.63, 3.8) is 0 Å². The zero-order chi connectivity index (χ0) is 96.9. The van der Waals surface area contributed by atoms with Crippen LogP contribution in [-0.2, 0) is 0 Å². The average Bonchev–Trinajstić information content (AvgIpc) is 0.771. The Morgan fingerprint density at radius 1 is 0.146 bits per heavy atom. The van der Waals surface area contributed by atoms with Crippen molar-refractivity contribution in [3.05, 3.63) is 532 Å². The van der Waals surface area contributed by atoms with Gasteiger partial charge in [-0.1, -0.05) is 467 Å². The number of rotatable bonds is 18. The van der Waals surface area contributed by atoms with Crippen LogP contribution in [-0.4, -0.2) is 44.9 Å². The highest BCUT2D eigenvalue weighted by atomic mass is 15.1. The van der Waals surface area contributed by atoms with E-state index in [0.717, 1.165) is 128 Å². The molecule has 3 aromatic heterocycles. The maximum Gasteiger partial charge on any atom is 0.187 e. The van der Waals surface area contributed by atoms with E-state index in [9.17, 15) is 5.26 Å². The molecule has 672 valence electrons. The zero-order valence-corrected chi connectivity index (χ0v) is 77.9. The van der Waals surface area contributed by atoms with Crippen molar-refractivity contribution in [1.29, 1.82) is 10.5 Å². The zero-order valence-electron chi connectivity index (χ0n) is 77.9. The van der Waals surface area contributed by atoms with Gasteiger partial charge in [0.15, 0.2) is 58.1 Å². The molecule has 12 nitrogen and oxygen atoms in total. The Hall–Kier alpha value is -20.1. The number of aromatic nitrogens is 9. The number of hydrogen-bond donors (Lipinski definition) is 0. The highest BCUT2D eigenvalue weighted by Crippen LogP contribution is 2.44. The number of hydrogen-bond acceptors (Lipinski definition) is 11. The summed E-state index contributed by atoms with van der Waals surface area (Å²) < 4.78 is 0. The quantitative estimate of drug-likeness (QED) is 0.0750. The van der Waals surface area contributed by atoms with Gasteiger partial charge < -0.3 is 0 Å². The van der Waals surface area contributed by atoms with E-state index in [1.807, 2.05) is 255 Å². The van der Waals surface area contributed by atoms with E-state index in [2.05, 4.69) is 272 Å². The van der Waals surface area contributed by atoms with E-state index in [4.69, 9.17) is 56.7 Å². The van der Waals surface area contributed by atoms with Crippen molar-refractivity contribution in [2.75, 3.05) is 0 Å². The standard InChI is InChI=1S/3C44H28N4/c1-45-37-16-10-15-36(29-37)30-19-21-31(22-20-30)38-27-28-39(41-18-9-8-17-40(38)41)32-23-25-35(26-24-32)44-47-42(33-11-4-2-5-12-33)46-43(48-44)34-13-6-3-7-14-34;45-29-30-11-9-16-35(27-30)31-21-23-32(24-22-31)38-25-26-39(41-20-8-7-19-40(38)41)36-17-10-18-37(28-36)44-47-42(33-12-3-1-4-13-33)46-43(48-44)34-14-5-2-6-15-34;45-29-30-18-20-31(21-19-30)32-22-24-33(25-23-32)38-26-27-39(41-17-8-7-16-40(38)41)36-14-9-15-37(28-36)44-47-42(34-10-3-1-4-11-34)46-43(48-44)35-12-5-2-6-13-35/h2-29H;2*1-28H. The van der Waals surface area contributed by atoms with E-state index < -0.39 is 0 Å². The molecule has 0 fully saturated rings. The predicted octanol–water partition coefficient (Wildman–Crippen LogP) is 33.4. The number of fused-ring (bicyclic) bond motifs is 3. The molecule has 0 amide bonds. The normalized spacial score (nSPS) is 10.9. The molecule has 0 radical (unpaired) electrons. The molecule has 3 heterocycles. The van der Waals surface area contributed by atoms with Crippen molar-refractivity contribution in [2.24, 2.45) is 0 Å². The van der Waals surface area contributed by atoms with Crippen LogP contribution in [0.2, 0.25) is 0 Å². The van der Waals surface area contributed by atoms with Crippen LogP contribution in [0.3, 0.4) is 0 Å². The second-order valence-electron chi connectivity index (χ2n) is 34.7. The fourth-order valence-corrected chi connectivity index (χ4v) is 18.5. The lowest BCUT2D eigenvalue weighted by atomic mass is 9.91. The lowest BCUT2D eigenvalue weighted by Gasteiger charge is -2.14. The molecule has 0 saturated heterocycles. The van der Waals surface area contributed by atoms with Gasteiger partial charge in [0.05, 0.1) is 29.8 Å². The minimum absolute atomic E-state index is 0.630. The first-order valence-corrected chi connectivity index (χ1v) is 47.5. The van der Waals surface area contributed by atoms with Crippen LogP contribution >= 0.6 is 0 Å². The molecule has 144 heavy (non-hydrogen) atoms. The first kappa shape index (κ1) is 89.1. The summed E-state index contributed by atoms with van der Waals surface area (Å²) in [6, 6.07) is 178. The third kappa shape index (κ3) is 19.3. The summed E-state index contributed by atoms with van der Waals surface area (Å²) in [4.78, 5) is 47.7. The Balaban J connectivity index is 0.000000123. The molecule has 0 N–H and O–H groups in total. The average molecular weight is 1840 g/mol. The Kier molecular flexibility index (Phi) is 25.4. The number of nitriles is 2. The molecule has 24 rings (SSSR count). The van der Waals surface area contributed by atoms with Gasteiger partial charge in [0.1, 0.15) is 0 Å². The van der Waals surface area contributed by atoms with E-state index in [1.54, 1.807) is 0 Å². The summed E-state index contributed by atoms with van der Waals surface area (Å²) in [6.45, 7) is 7.35. The molecular weight excluding hydrogens is 1750 g/mol. The van der Waals surface area contributed by atoms with Crippen molar-refractivity contribution < 1.29 is 0 Å². The molecule has 0 spiro atoms. The lowest BCUT2D eigenvalue weighted by molar-refractivity contribution is 1.07. The molecule has 0 unspecified atom stereocenters. The number of benzene rings is 21. The highest BCUT2D eigenvalue weighted by Gasteiger charge is 2.22. The maximum atomic E-state index is 9.33. The molecule has 0 bridgehead atoms. The first-order chi connectivity index (χ1) is 71.2. The molecule has 12 heteroatoms. The summed E-state index contributed by atoms with van der Waals surface area (Å²) in [7, 11) is 0. The van der Waals surface area contributed by atoms with Crippen molar-refractivity contribution in [3.8, 4) is 215 Å². The van der Waals surface area contributed by atoms with E-state index in [1.165, 1.54) is 54.6 Å². The minimum atomic E-state index is 0.630. The van der Waals surface area contributed by atoms with Crippen LogP contribution in [0.5, 0.6) is 0 Å². The van der Waals surface area contributed by atoms with Crippen LogP contribution in [0.1, 0.15) is 11.1 Å². The van der Waals surface area contributed by atoms with Crippen LogP contribution in [0.15, 0.2) is 510 Å². The summed E-state index contributed by atoms with van der Waals surface area (Å²) in [5, 5.41) is 25.6. The van der Waals surface area contributed by atoms with Crippen LogP contribution in [0.25, 0.3) is 240 Å². The molecule has 24 aromatic rings. The van der Waals surface area contributed by atoms with Crippen LogP contribution in [0.4, 0.5) is 5.69 Å². The van der Waals surface area contributed by atoms with Gasteiger partial charge >= 0.3 is 0 Å². The predicted molar refractivity (Wildman–Crippen MR) is 586 cm³/mol. The van der Waals surface area contributed by atoms with Gasteiger partial charge in [-0.2, -0.15) is 10.5 Å². The van der Waals surface area contributed by atoms with E-state index in [-0.39, 0.29) is 0 Å². The smallest absolute Gasteiger partial charge is 0.187 e. The maximum absolute atomic E-state index is 9.33. The van der Waals surface area contributed by atoms with Crippen LogP contribution in [0, 0.1) is 29.2 Å². The van der Waals surface area contributed by atoms with Crippen molar-refractivity contribution >= 4 is 38.0 Å². The molecular formula is C132H84N12. The molecule has 21 aromatic carbocycles. The largest absolute Gasteiger partial charge is 0.238 e. The lowest BCUT2D eigenvalue weighted by Crippen LogP contribution is -2.00. The third-order valence-electron chi connectivity index (χ3n) is 25.8. The second-order valence-corrected chi connectivity index (χ2v) is 34.7. The van der Waals surface area contributed by atoms with Gasteiger partial charge in [0.25, 0.3) is 0 Å². The first-order valence-electron chi connectivity index (χ1n) is 47.5. The van der Waals surface area contributed by atoms with Gasteiger partial charge in [-0.25, -0.2) is 49.7 Å². The Labute approximate surface area is 834 Å². The SMILES string of the molecule is N#Cc1ccc(-c2ccc(-c3ccc(-c4cccc(-c5nc(-c6ccccc6)nc(-c6ccccc6)n5)c4)c4ccccc34)cc2)cc1.N#Cc1cccc(-c2ccc(-c3ccc(-c4cccc(-c5nc(-c6ccccc6)nc(-c6ccccc6)n5)c4)c4ccccc34)cc2)c1.[C-]#[N+]c1cccc(-c2ccc(-c3ccc(-c4ccc(-c5nc(-c6ccccc6)nc(-c6ccccc6)n5)cc4)c4ccccc34)cc2)c1. The summed E-state index contributed by atoms with van der Waals surface area (Å²) in [6.07, 6.45) is 0. The topological polar surface area (TPSA) is 168 Å². The Bertz CT molecular complexity index is 8790. The summed E-state index contributed by atoms with van der Waals surface area (Å²) in [5.74, 6) is 5.77. The Morgan fingerprint density at radius 3 is 0.618 bits per heavy atom. The van der Waals surface area contributed by atoms with Gasteiger partial charge in [-0.15, -0.1) is 0 Å². The van der Waals surface area contributed by atoms with Gasteiger partial charge in [0.2, 0.25) is 0 Å². The minimum Gasteiger partial charge on any atom is -0.238 e. The third-order valence-corrected chi connectivity index (χ3v) is 25.8. The monoisotopic (exact) mass is 1840 g/mol. The summed E-state index contributed by atoms with van der Waals surface area (Å²) >= 11 is 0. The highest BCUT2D eigenvalue weighted by molar-refractivity contribution is 6.08. The van der Waals surface area contributed by atoms with E-state index >= 15 is 0 Å². The Morgan fingerprint density at radius 2 is 0.340 bits per heavy atom.